The summed E-state index contributed by atoms with van der Waals surface area (Å²) >= 11 is 0. The SMILES string of the molecule is C=CCOC(=O)N[C@]1(C(=O)O[C@@H](C)OC(=O)C23CC4CC(CC(C4)C2)C3)[C@H]2[C@@H](C[C@H]1OCc1ccc(F)cc1)[C@@H]2C(=O)OCC=C. The van der Waals surface area contributed by atoms with Crippen LogP contribution >= 0.6 is 0 Å². The average Bonchev–Trinajstić information content (AvgIpc) is 3.65. The van der Waals surface area contributed by atoms with Crippen molar-refractivity contribution in [1.29, 1.82) is 0 Å². The summed E-state index contributed by atoms with van der Waals surface area (Å²) in [7, 11) is 0. The van der Waals surface area contributed by atoms with Gasteiger partial charge in [-0.3, -0.25) is 9.59 Å². The molecule has 0 aliphatic heterocycles. The molecule has 1 aromatic carbocycles. The molecule has 0 saturated heterocycles. The maximum atomic E-state index is 14.3. The quantitative estimate of drug-likeness (QED) is 0.137. The number of fused-ring (bicyclic) bond motifs is 1. The summed E-state index contributed by atoms with van der Waals surface area (Å²) in [5.74, 6) is -2.48. The zero-order chi connectivity index (χ0) is 32.6. The lowest BCUT2D eigenvalue weighted by molar-refractivity contribution is -0.207. The maximum absolute atomic E-state index is 14.3. The first-order valence-electron chi connectivity index (χ1n) is 16.2. The van der Waals surface area contributed by atoms with Crippen molar-refractivity contribution in [2.75, 3.05) is 13.2 Å². The number of carbonyl (C=O) groups excluding carboxylic acids is 4. The summed E-state index contributed by atoms with van der Waals surface area (Å²) in [5.41, 5.74) is -1.80. The van der Waals surface area contributed by atoms with Crippen LogP contribution in [0.5, 0.6) is 0 Å². The number of alkyl carbamates (subject to hydrolysis) is 1. The van der Waals surface area contributed by atoms with Gasteiger partial charge < -0.3 is 29.0 Å². The van der Waals surface area contributed by atoms with Crippen LogP contribution in [0.2, 0.25) is 0 Å². The smallest absolute Gasteiger partial charge is 0.408 e. The third kappa shape index (κ3) is 6.06. The van der Waals surface area contributed by atoms with Crippen molar-refractivity contribution in [3.63, 3.8) is 0 Å². The molecule has 1 amide bonds. The normalized spacial score (nSPS) is 35.3. The van der Waals surface area contributed by atoms with Gasteiger partial charge in [0.2, 0.25) is 6.29 Å². The molecular weight excluding hydrogens is 597 g/mol. The van der Waals surface area contributed by atoms with Gasteiger partial charge in [-0.1, -0.05) is 37.4 Å². The van der Waals surface area contributed by atoms with Gasteiger partial charge in [0, 0.05) is 12.8 Å². The van der Waals surface area contributed by atoms with E-state index in [2.05, 4.69) is 18.5 Å². The topological polar surface area (TPSA) is 126 Å². The van der Waals surface area contributed by atoms with E-state index in [9.17, 15) is 23.6 Å². The third-order valence-electron chi connectivity index (χ3n) is 10.7. The minimum absolute atomic E-state index is 0.00899. The summed E-state index contributed by atoms with van der Waals surface area (Å²) in [6.07, 6.45) is 5.73. The number of halogens is 1. The number of amides is 1. The van der Waals surface area contributed by atoms with Crippen molar-refractivity contribution in [1.82, 2.24) is 5.32 Å². The summed E-state index contributed by atoms with van der Waals surface area (Å²) in [6.45, 7) is 8.46. The monoisotopic (exact) mass is 639 g/mol. The standard InChI is InChI=1S/C35H42FNO9/c1-4-10-42-30(38)28-26-15-27(44-19-21-6-8-25(36)9-7-21)35(29(26)28,37-33(41)43-11-5-2)32(40)46-20(3)45-31(39)34-16-22-12-23(17-34)14-24(13-22)18-34/h4-9,20,22-24,26-29H,1-2,10-19H2,3H3,(H,37,41)/t20-,22?,23?,24?,26-,27+,28-,29-,34?,35-/m0/s1. The molecular formula is C35H42FNO9. The zero-order valence-electron chi connectivity index (χ0n) is 26.1. The van der Waals surface area contributed by atoms with Gasteiger partial charge in [0.15, 0.2) is 5.54 Å². The van der Waals surface area contributed by atoms with Crippen molar-refractivity contribution in [3.05, 3.63) is 61.0 Å². The minimum atomic E-state index is -1.87. The molecule has 0 unspecified atom stereocenters. The van der Waals surface area contributed by atoms with Crippen LogP contribution in [-0.4, -0.2) is 55.1 Å². The molecule has 248 valence electrons. The maximum Gasteiger partial charge on any atom is 0.408 e. The van der Waals surface area contributed by atoms with Crippen LogP contribution in [0, 0.1) is 46.7 Å². The molecule has 6 fully saturated rings. The van der Waals surface area contributed by atoms with Gasteiger partial charge in [-0.2, -0.15) is 0 Å². The van der Waals surface area contributed by atoms with Crippen molar-refractivity contribution in [2.24, 2.45) is 40.9 Å². The van der Waals surface area contributed by atoms with Gasteiger partial charge in [-0.15, -0.1) is 0 Å². The number of hydrogen-bond acceptors (Lipinski definition) is 9. The molecule has 6 saturated carbocycles. The van der Waals surface area contributed by atoms with E-state index in [1.807, 2.05) is 0 Å². The first-order valence-corrected chi connectivity index (χ1v) is 16.2. The van der Waals surface area contributed by atoms with Crippen LogP contribution in [0.4, 0.5) is 9.18 Å². The Morgan fingerprint density at radius 1 is 0.913 bits per heavy atom. The molecule has 6 aliphatic carbocycles. The number of hydrogen-bond donors (Lipinski definition) is 1. The Kier molecular flexibility index (Phi) is 8.98. The molecule has 4 bridgehead atoms. The predicted octanol–water partition coefficient (Wildman–Crippen LogP) is 5.01. The first kappa shape index (κ1) is 32.2. The molecule has 6 atom stereocenters. The van der Waals surface area contributed by atoms with Gasteiger partial charge >= 0.3 is 24.0 Å². The van der Waals surface area contributed by atoms with Crippen LogP contribution in [0.15, 0.2) is 49.6 Å². The molecule has 11 heteroatoms. The number of esters is 3. The van der Waals surface area contributed by atoms with E-state index >= 15 is 0 Å². The molecule has 1 N–H and O–H groups in total. The van der Waals surface area contributed by atoms with E-state index in [-0.39, 0.29) is 38.1 Å². The van der Waals surface area contributed by atoms with Crippen molar-refractivity contribution in [3.8, 4) is 0 Å². The molecule has 7 rings (SSSR count). The van der Waals surface area contributed by atoms with Gasteiger partial charge in [-0.25, -0.2) is 14.0 Å². The lowest BCUT2D eigenvalue weighted by Gasteiger charge is -2.55. The molecule has 0 aromatic heterocycles. The summed E-state index contributed by atoms with van der Waals surface area (Å²) in [5, 5.41) is 2.69. The highest BCUT2D eigenvalue weighted by Crippen LogP contribution is 2.64. The third-order valence-corrected chi connectivity index (χ3v) is 10.7. The van der Waals surface area contributed by atoms with Gasteiger partial charge in [0.25, 0.3) is 0 Å². The van der Waals surface area contributed by atoms with Gasteiger partial charge in [-0.05, 0) is 86.3 Å². The Labute approximate surface area is 268 Å². The van der Waals surface area contributed by atoms with Crippen LogP contribution in [0.1, 0.15) is 57.4 Å². The van der Waals surface area contributed by atoms with Gasteiger partial charge in [0.05, 0.1) is 24.0 Å². The number of nitrogens with one attached hydrogen (secondary N) is 1. The summed E-state index contributed by atoms with van der Waals surface area (Å²) in [4.78, 5) is 54.0. The molecule has 6 aliphatic rings. The van der Waals surface area contributed by atoms with Crippen molar-refractivity contribution in [2.45, 2.75) is 76.4 Å². The van der Waals surface area contributed by atoms with Crippen LogP contribution in [0.25, 0.3) is 0 Å². The molecule has 0 radical (unpaired) electrons. The minimum Gasteiger partial charge on any atom is -0.461 e. The lowest BCUT2D eigenvalue weighted by atomic mass is 9.49. The van der Waals surface area contributed by atoms with E-state index in [0.717, 1.165) is 38.5 Å². The van der Waals surface area contributed by atoms with E-state index in [0.29, 0.717) is 23.3 Å². The van der Waals surface area contributed by atoms with Crippen molar-refractivity contribution >= 4 is 24.0 Å². The zero-order valence-corrected chi connectivity index (χ0v) is 26.1. The van der Waals surface area contributed by atoms with E-state index in [4.69, 9.17) is 23.7 Å². The van der Waals surface area contributed by atoms with E-state index < -0.39 is 59.0 Å². The highest BCUT2D eigenvalue weighted by atomic mass is 19.1. The Morgan fingerprint density at radius 2 is 1.50 bits per heavy atom. The number of ether oxygens (including phenoxy) is 5. The average molecular weight is 640 g/mol. The highest BCUT2D eigenvalue weighted by Gasteiger charge is 2.77. The second-order valence-corrected chi connectivity index (χ2v) is 13.8. The molecule has 46 heavy (non-hydrogen) atoms. The van der Waals surface area contributed by atoms with Crippen LogP contribution < -0.4 is 5.32 Å². The Balaban J connectivity index is 1.23. The summed E-state index contributed by atoms with van der Waals surface area (Å²) < 4.78 is 41.9. The fourth-order valence-corrected chi connectivity index (χ4v) is 9.20. The Bertz CT molecular complexity index is 1340. The van der Waals surface area contributed by atoms with Crippen LogP contribution in [0.3, 0.4) is 0 Å². The van der Waals surface area contributed by atoms with Crippen molar-refractivity contribution < 1.29 is 47.3 Å². The summed E-state index contributed by atoms with van der Waals surface area (Å²) in [6, 6.07) is 5.70. The van der Waals surface area contributed by atoms with E-state index in [1.165, 1.54) is 31.2 Å². The Hall–Kier alpha value is -3.73. The second kappa shape index (κ2) is 12.8. The van der Waals surface area contributed by atoms with Gasteiger partial charge in [0.1, 0.15) is 19.0 Å². The largest absolute Gasteiger partial charge is 0.461 e. The van der Waals surface area contributed by atoms with E-state index in [1.54, 1.807) is 12.1 Å². The number of carbonyl (C=O) groups is 4. The number of benzene rings is 1. The molecule has 0 spiro atoms. The number of rotatable bonds is 13. The second-order valence-electron chi connectivity index (χ2n) is 13.8. The highest BCUT2D eigenvalue weighted by molar-refractivity contribution is 5.91. The fraction of sp³-hybridized carbons (Fsp3) is 0.600. The lowest BCUT2D eigenvalue weighted by Crippen LogP contribution is -2.64. The van der Waals surface area contributed by atoms with Crippen LogP contribution in [-0.2, 0) is 44.7 Å². The Morgan fingerprint density at radius 3 is 2.11 bits per heavy atom. The fourth-order valence-electron chi connectivity index (χ4n) is 9.20. The predicted molar refractivity (Wildman–Crippen MR) is 161 cm³/mol. The first-order chi connectivity index (χ1) is 22.1. The molecule has 0 heterocycles. The molecule has 1 aromatic rings. The molecule has 10 nitrogen and oxygen atoms in total.